The fourth-order valence-electron chi connectivity index (χ4n) is 2.70. The minimum Gasteiger partial charge on any atom is -0.356 e. The van der Waals surface area contributed by atoms with Crippen LogP contribution in [-0.4, -0.2) is 72.7 Å². The number of carbonyl (C=O) groups excluding carboxylic acids is 3. The molecule has 0 aromatic carbocycles. The third-order valence-electron chi connectivity index (χ3n) is 4.08. The van der Waals surface area contributed by atoms with Crippen molar-refractivity contribution in [3.05, 3.63) is 17.5 Å². The Morgan fingerprint density at radius 1 is 1.11 bits per heavy atom. The Hall–Kier alpha value is -2.55. The topological polar surface area (TPSA) is 116 Å². The van der Waals surface area contributed by atoms with Crippen molar-refractivity contribution in [2.24, 2.45) is 0 Å². The molecule has 28 heavy (non-hydrogen) atoms. The molecule has 1 aromatic rings. The first-order valence-corrected chi connectivity index (χ1v) is 9.54. The Bertz CT molecular complexity index is 630. The van der Waals surface area contributed by atoms with Crippen molar-refractivity contribution in [3.63, 3.8) is 0 Å². The summed E-state index contributed by atoms with van der Waals surface area (Å²) in [5, 5.41) is 8.62. The van der Waals surface area contributed by atoms with E-state index in [2.05, 4.69) is 25.9 Å². The number of aryl methyl sites for hydroxylation is 2. The molecule has 0 fully saturated rings. The second-order valence-electron chi connectivity index (χ2n) is 6.87. The van der Waals surface area contributed by atoms with Gasteiger partial charge < -0.3 is 20.7 Å². The lowest BCUT2D eigenvalue weighted by Crippen LogP contribution is -2.44. The third-order valence-corrected chi connectivity index (χ3v) is 4.08. The molecule has 0 aliphatic heterocycles. The number of aldehydes is 1. The van der Waals surface area contributed by atoms with E-state index >= 15 is 0 Å². The molecule has 1 aromatic heterocycles. The molecule has 0 saturated heterocycles. The van der Waals surface area contributed by atoms with Gasteiger partial charge in [-0.25, -0.2) is 9.97 Å². The summed E-state index contributed by atoms with van der Waals surface area (Å²) in [7, 11) is 3.72. The van der Waals surface area contributed by atoms with Crippen molar-refractivity contribution in [1.82, 2.24) is 25.5 Å². The lowest BCUT2D eigenvalue weighted by atomic mass is 10.1. The van der Waals surface area contributed by atoms with E-state index in [1.165, 1.54) is 0 Å². The molecule has 1 heterocycles. The summed E-state index contributed by atoms with van der Waals surface area (Å²) < 4.78 is 0. The summed E-state index contributed by atoms with van der Waals surface area (Å²) in [6.45, 7) is 5.11. The number of likely N-dealkylation sites (N-methyl/N-ethyl adjacent to an activating group) is 1. The van der Waals surface area contributed by atoms with Gasteiger partial charge in [0.15, 0.2) is 0 Å². The van der Waals surface area contributed by atoms with Crippen molar-refractivity contribution in [3.8, 4) is 0 Å². The Labute approximate surface area is 166 Å². The fourth-order valence-corrected chi connectivity index (χ4v) is 2.70. The summed E-state index contributed by atoms with van der Waals surface area (Å²) in [5.74, 6) is 0.318. The smallest absolute Gasteiger partial charge is 0.237 e. The van der Waals surface area contributed by atoms with Crippen LogP contribution in [0.15, 0.2) is 6.07 Å². The van der Waals surface area contributed by atoms with Gasteiger partial charge in [-0.05, 0) is 46.9 Å². The standard InChI is InChI=1S/C19H32N6O3/c1-14-13-15(2)24-19(23-14)22-9-5-7-16(25(3)4)18(28)21-11-8-17(27)20-10-6-12-26/h12-13,16H,5-11H2,1-4H3,(H,20,27)(H,21,28)(H,22,23,24). The van der Waals surface area contributed by atoms with Gasteiger partial charge in [0.05, 0.1) is 6.04 Å². The number of anilines is 1. The molecule has 2 amide bonds. The van der Waals surface area contributed by atoms with Crippen LogP contribution in [0.4, 0.5) is 5.95 Å². The highest BCUT2D eigenvalue weighted by molar-refractivity contribution is 5.82. The van der Waals surface area contributed by atoms with Crippen LogP contribution >= 0.6 is 0 Å². The Balaban J connectivity index is 2.33. The molecular formula is C19H32N6O3. The van der Waals surface area contributed by atoms with Crippen molar-refractivity contribution >= 4 is 24.0 Å². The molecule has 3 N–H and O–H groups in total. The van der Waals surface area contributed by atoms with Crippen molar-refractivity contribution in [2.75, 3.05) is 39.0 Å². The van der Waals surface area contributed by atoms with Crippen LogP contribution < -0.4 is 16.0 Å². The highest BCUT2D eigenvalue weighted by Crippen LogP contribution is 2.07. The minimum atomic E-state index is -0.278. The van der Waals surface area contributed by atoms with E-state index in [0.717, 1.165) is 24.1 Å². The first kappa shape index (κ1) is 23.5. The van der Waals surface area contributed by atoms with Gasteiger partial charge in [0, 0.05) is 43.9 Å². The zero-order chi connectivity index (χ0) is 20.9. The summed E-state index contributed by atoms with van der Waals surface area (Å²) in [6, 6.07) is 1.64. The van der Waals surface area contributed by atoms with Crippen molar-refractivity contribution in [2.45, 2.75) is 45.6 Å². The number of amides is 2. The molecule has 0 aliphatic carbocycles. The number of hydrogen-bond acceptors (Lipinski definition) is 7. The number of hydrogen-bond donors (Lipinski definition) is 3. The van der Waals surface area contributed by atoms with E-state index in [1.807, 2.05) is 38.9 Å². The van der Waals surface area contributed by atoms with Gasteiger partial charge >= 0.3 is 0 Å². The number of nitrogens with zero attached hydrogens (tertiary/aromatic N) is 3. The average molecular weight is 393 g/mol. The molecule has 0 saturated carbocycles. The van der Waals surface area contributed by atoms with Crippen LogP contribution in [0.25, 0.3) is 0 Å². The van der Waals surface area contributed by atoms with E-state index in [-0.39, 0.29) is 30.8 Å². The lowest BCUT2D eigenvalue weighted by Gasteiger charge is -2.23. The number of carbonyl (C=O) groups is 3. The number of aromatic nitrogens is 2. The summed E-state index contributed by atoms with van der Waals surface area (Å²) >= 11 is 0. The van der Waals surface area contributed by atoms with Crippen molar-refractivity contribution < 1.29 is 14.4 Å². The van der Waals surface area contributed by atoms with Gasteiger partial charge in [0.1, 0.15) is 6.29 Å². The predicted octanol–water partition coefficient (Wildman–Crippen LogP) is 0.427. The molecule has 0 spiro atoms. The quantitative estimate of drug-likeness (QED) is 0.329. The van der Waals surface area contributed by atoms with Crippen LogP contribution in [0.5, 0.6) is 0 Å². The van der Waals surface area contributed by atoms with Gasteiger partial charge in [-0.1, -0.05) is 0 Å². The highest BCUT2D eigenvalue weighted by Gasteiger charge is 2.20. The second-order valence-corrected chi connectivity index (χ2v) is 6.87. The molecular weight excluding hydrogens is 360 g/mol. The first-order chi connectivity index (χ1) is 13.3. The molecule has 1 unspecified atom stereocenters. The molecule has 0 bridgehead atoms. The lowest BCUT2D eigenvalue weighted by molar-refractivity contribution is -0.126. The Morgan fingerprint density at radius 3 is 2.39 bits per heavy atom. The third kappa shape index (κ3) is 9.40. The van der Waals surface area contributed by atoms with Crippen LogP contribution in [-0.2, 0) is 14.4 Å². The highest BCUT2D eigenvalue weighted by atomic mass is 16.2. The molecule has 1 atom stereocenters. The van der Waals surface area contributed by atoms with Gasteiger partial charge in [0.25, 0.3) is 0 Å². The van der Waals surface area contributed by atoms with Gasteiger partial charge in [-0.15, -0.1) is 0 Å². The van der Waals surface area contributed by atoms with Gasteiger partial charge in [0.2, 0.25) is 17.8 Å². The molecule has 9 heteroatoms. The summed E-state index contributed by atoms with van der Waals surface area (Å²) in [5.41, 5.74) is 1.83. The van der Waals surface area contributed by atoms with Crippen LogP contribution in [0.2, 0.25) is 0 Å². The molecule has 9 nitrogen and oxygen atoms in total. The minimum absolute atomic E-state index is 0.103. The number of nitrogens with one attached hydrogen (secondary N) is 3. The van der Waals surface area contributed by atoms with Gasteiger partial charge in [-0.2, -0.15) is 0 Å². The Kier molecular flexibility index (Phi) is 10.7. The molecule has 0 aliphatic rings. The molecule has 1 rings (SSSR count). The first-order valence-electron chi connectivity index (χ1n) is 9.54. The second kappa shape index (κ2) is 12.8. The maximum Gasteiger partial charge on any atom is 0.237 e. The van der Waals surface area contributed by atoms with Crippen molar-refractivity contribution in [1.29, 1.82) is 0 Å². The average Bonchev–Trinajstić information content (AvgIpc) is 2.60. The van der Waals surface area contributed by atoms with Crippen LogP contribution in [0, 0.1) is 13.8 Å². The van der Waals surface area contributed by atoms with E-state index < -0.39 is 0 Å². The predicted molar refractivity (Wildman–Crippen MR) is 108 cm³/mol. The van der Waals surface area contributed by atoms with Crippen LogP contribution in [0.3, 0.4) is 0 Å². The van der Waals surface area contributed by atoms with E-state index in [4.69, 9.17) is 0 Å². The maximum absolute atomic E-state index is 12.4. The summed E-state index contributed by atoms with van der Waals surface area (Å²) in [4.78, 5) is 44.8. The SMILES string of the molecule is Cc1cc(C)nc(NCCCC(C(=O)NCCC(=O)NCCC=O)N(C)C)n1. The monoisotopic (exact) mass is 392 g/mol. The van der Waals surface area contributed by atoms with E-state index in [0.29, 0.717) is 31.9 Å². The van der Waals surface area contributed by atoms with E-state index in [1.54, 1.807) is 0 Å². The van der Waals surface area contributed by atoms with Gasteiger partial charge in [-0.3, -0.25) is 14.5 Å². The largest absolute Gasteiger partial charge is 0.356 e. The maximum atomic E-state index is 12.4. The Morgan fingerprint density at radius 2 is 1.79 bits per heavy atom. The zero-order valence-electron chi connectivity index (χ0n) is 17.2. The number of rotatable bonds is 13. The molecule has 0 radical (unpaired) electrons. The summed E-state index contributed by atoms with van der Waals surface area (Å²) in [6.07, 6.45) is 2.68. The van der Waals surface area contributed by atoms with E-state index in [9.17, 15) is 14.4 Å². The normalized spacial score (nSPS) is 11.8. The van der Waals surface area contributed by atoms with Crippen LogP contribution in [0.1, 0.15) is 37.1 Å². The molecule has 156 valence electrons. The fraction of sp³-hybridized carbons (Fsp3) is 0.632. The zero-order valence-corrected chi connectivity index (χ0v) is 17.2.